The third-order valence-electron chi connectivity index (χ3n) is 10.4. The van der Waals surface area contributed by atoms with E-state index in [2.05, 4.69) is 170 Å². The van der Waals surface area contributed by atoms with Crippen LogP contribution in [0, 0.1) is 0 Å². The van der Waals surface area contributed by atoms with Crippen LogP contribution < -0.4 is 0 Å². The molecule has 0 aliphatic carbocycles. The molecule has 0 saturated heterocycles. The van der Waals surface area contributed by atoms with Crippen molar-refractivity contribution in [3.63, 3.8) is 0 Å². The fourth-order valence-corrected chi connectivity index (χ4v) is 10.6. The zero-order valence-electron chi connectivity index (χ0n) is 27.0. The molecule has 0 radical (unpaired) electrons. The largest absolute Gasteiger partial charge is 0.135 e. The molecule has 11 aromatic rings. The predicted molar refractivity (Wildman–Crippen MR) is 221 cm³/mol. The van der Waals surface area contributed by atoms with Crippen LogP contribution in [0.3, 0.4) is 0 Å². The number of thiophene rings is 2. The molecule has 0 aliphatic heterocycles. The van der Waals surface area contributed by atoms with E-state index in [1.807, 2.05) is 22.7 Å². The molecule has 2 aromatic heterocycles. The van der Waals surface area contributed by atoms with Gasteiger partial charge in [0.2, 0.25) is 0 Å². The van der Waals surface area contributed by atoms with E-state index in [1.165, 1.54) is 106 Å². The topological polar surface area (TPSA) is 0 Å². The first-order chi connectivity index (χ1) is 24.8. The molecule has 11 rings (SSSR count). The van der Waals surface area contributed by atoms with Gasteiger partial charge < -0.3 is 0 Å². The van der Waals surface area contributed by atoms with E-state index in [4.69, 9.17) is 0 Å². The molecule has 0 nitrogen and oxygen atoms in total. The highest BCUT2D eigenvalue weighted by atomic mass is 32.1. The molecule has 2 heterocycles. The van der Waals surface area contributed by atoms with Crippen LogP contribution in [0.5, 0.6) is 0 Å². The summed E-state index contributed by atoms with van der Waals surface area (Å²) < 4.78 is 5.38. The van der Waals surface area contributed by atoms with Crippen LogP contribution in [0.25, 0.3) is 106 Å². The van der Waals surface area contributed by atoms with Crippen molar-refractivity contribution >= 4 is 95.3 Å². The Bertz CT molecular complexity index is 3070. The van der Waals surface area contributed by atoms with Gasteiger partial charge in [-0.05, 0) is 79.0 Å². The number of hydrogen-bond donors (Lipinski definition) is 0. The second-order valence-corrected chi connectivity index (χ2v) is 15.3. The van der Waals surface area contributed by atoms with Crippen LogP contribution in [0.1, 0.15) is 0 Å². The first kappa shape index (κ1) is 28.1. The van der Waals surface area contributed by atoms with E-state index in [1.54, 1.807) is 0 Å². The van der Waals surface area contributed by atoms with Gasteiger partial charge in [0.1, 0.15) is 0 Å². The van der Waals surface area contributed by atoms with E-state index in [0.29, 0.717) is 0 Å². The van der Waals surface area contributed by atoms with Gasteiger partial charge in [-0.2, -0.15) is 0 Å². The molecule has 0 bridgehead atoms. The normalized spacial score (nSPS) is 12.0. The number of fused-ring (bicyclic) bond motifs is 11. The molecule has 0 atom stereocenters. The lowest BCUT2D eigenvalue weighted by Gasteiger charge is -2.19. The lowest BCUT2D eigenvalue weighted by Crippen LogP contribution is -1.91. The van der Waals surface area contributed by atoms with Gasteiger partial charge in [-0.3, -0.25) is 0 Å². The minimum atomic E-state index is 1.23. The molecule has 0 saturated carbocycles. The van der Waals surface area contributed by atoms with Crippen LogP contribution in [0.4, 0.5) is 0 Å². The van der Waals surface area contributed by atoms with Crippen LogP contribution >= 0.6 is 22.7 Å². The van der Waals surface area contributed by atoms with E-state index in [0.717, 1.165) is 0 Å². The van der Waals surface area contributed by atoms with Crippen molar-refractivity contribution in [2.45, 2.75) is 0 Å². The zero-order valence-corrected chi connectivity index (χ0v) is 28.6. The predicted octanol–water partition coefficient (Wildman–Crippen LogP) is 14.9. The monoisotopic (exact) mass is 668 g/mol. The van der Waals surface area contributed by atoms with Crippen LogP contribution in [-0.2, 0) is 0 Å². The highest BCUT2D eigenvalue weighted by Crippen LogP contribution is 2.52. The van der Waals surface area contributed by atoms with Gasteiger partial charge in [0.15, 0.2) is 0 Å². The maximum atomic E-state index is 2.49. The van der Waals surface area contributed by atoms with E-state index in [9.17, 15) is 0 Å². The molecule has 0 aliphatic rings. The second kappa shape index (κ2) is 10.9. The standard InChI is InChI=1S/C48H28S2/c1-2-12-29(13-3-1)30-22-24-31(25-23-30)43-33-14-4-6-16-35(33)45(36-17-7-5-15-34(36)43)39-28-32-26-27-42-46(37-18-8-10-20-40(37)49-42)44(32)47-38-19-9-11-21-41(38)50-48(39)47/h1-28H. The highest BCUT2D eigenvalue weighted by molar-refractivity contribution is 7.27. The van der Waals surface area contributed by atoms with Gasteiger partial charge >= 0.3 is 0 Å². The summed E-state index contributed by atoms with van der Waals surface area (Å²) in [5.41, 5.74) is 7.62. The van der Waals surface area contributed by atoms with Crippen molar-refractivity contribution in [2.24, 2.45) is 0 Å². The molecule has 2 heteroatoms. The molecule has 0 N–H and O–H groups in total. The average molecular weight is 669 g/mol. The minimum Gasteiger partial charge on any atom is -0.135 e. The average Bonchev–Trinajstić information content (AvgIpc) is 3.76. The number of hydrogen-bond acceptors (Lipinski definition) is 2. The summed E-state index contributed by atoms with van der Waals surface area (Å²) in [6.07, 6.45) is 0. The smallest absolute Gasteiger partial charge is 0.0440 e. The van der Waals surface area contributed by atoms with Crippen LogP contribution in [-0.4, -0.2) is 0 Å². The Labute approximate surface area is 297 Å². The summed E-state index contributed by atoms with van der Waals surface area (Å²) in [6, 6.07) is 62.9. The van der Waals surface area contributed by atoms with E-state index < -0.39 is 0 Å². The van der Waals surface area contributed by atoms with Crippen molar-refractivity contribution in [1.82, 2.24) is 0 Å². The van der Waals surface area contributed by atoms with Gasteiger partial charge in [0.25, 0.3) is 0 Å². The molecular weight excluding hydrogens is 641 g/mol. The molecule has 0 amide bonds. The SMILES string of the molecule is c1ccc(-c2ccc(-c3c4ccccc4c(-c4cc5ccc6sc7ccccc7c6c5c5c4sc4ccccc45)c4ccccc34)cc2)cc1. The lowest BCUT2D eigenvalue weighted by molar-refractivity contribution is 1.61. The maximum Gasteiger partial charge on any atom is 0.0440 e. The minimum absolute atomic E-state index is 1.23. The van der Waals surface area contributed by atoms with Crippen molar-refractivity contribution in [3.05, 3.63) is 170 Å². The van der Waals surface area contributed by atoms with Crippen molar-refractivity contribution < 1.29 is 0 Å². The summed E-state index contributed by atoms with van der Waals surface area (Å²) in [6.45, 7) is 0. The van der Waals surface area contributed by atoms with Gasteiger partial charge in [0, 0.05) is 51.3 Å². The van der Waals surface area contributed by atoms with E-state index >= 15 is 0 Å². The molecule has 232 valence electrons. The Balaban J connectivity index is 1.27. The zero-order chi connectivity index (χ0) is 32.8. The Morgan fingerprint density at radius 3 is 1.46 bits per heavy atom. The highest BCUT2D eigenvalue weighted by Gasteiger charge is 2.22. The quantitative estimate of drug-likeness (QED) is 0.164. The Hall–Kier alpha value is -5.80. The first-order valence-electron chi connectivity index (χ1n) is 17.1. The van der Waals surface area contributed by atoms with Gasteiger partial charge in [-0.15, -0.1) is 22.7 Å². The Kier molecular flexibility index (Phi) is 6.09. The van der Waals surface area contributed by atoms with Crippen molar-refractivity contribution in [3.8, 4) is 33.4 Å². The van der Waals surface area contributed by atoms with Gasteiger partial charge in [-0.1, -0.05) is 146 Å². The fourth-order valence-electron chi connectivity index (χ4n) is 8.30. The summed E-state index contributed by atoms with van der Waals surface area (Å²) in [4.78, 5) is 0. The third kappa shape index (κ3) is 4.04. The van der Waals surface area contributed by atoms with Gasteiger partial charge in [-0.25, -0.2) is 0 Å². The maximum absolute atomic E-state index is 2.49. The summed E-state index contributed by atoms with van der Waals surface area (Å²) in [5.74, 6) is 0. The first-order valence-corrected chi connectivity index (χ1v) is 18.7. The van der Waals surface area contributed by atoms with Crippen LogP contribution in [0.2, 0.25) is 0 Å². The molecule has 0 unspecified atom stereocenters. The van der Waals surface area contributed by atoms with Crippen LogP contribution in [0.15, 0.2) is 170 Å². The fraction of sp³-hybridized carbons (Fsp3) is 0. The summed E-state index contributed by atoms with van der Waals surface area (Å²) in [5, 5.41) is 13.2. The van der Waals surface area contributed by atoms with E-state index in [-0.39, 0.29) is 0 Å². The lowest BCUT2D eigenvalue weighted by atomic mass is 9.84. The summed E-state index contributed by atoms with van der Waals surface area (Å²) in [7, 11) is 0. The molecule has 0 spiro atoms. The Morgan fingerprint density at radius 1 is 0.300 bits per heavy atom. The second-order valence-electron chi connectivity index (χ2n) is 13.1. The molecular formula is C48H28S2. The molecule has 9 aromatic carbocycles. The Morgan fingerprint density at radius 2 is 0.800 bits per heavy atom. The number of rotatable bonds is 3. The third-order valence-corrected chi connectivity index (χ3v) is 12.8. The summed E-state index contributed by atoms with van der Waals surface area (Å²) >= 11 is 3.83. The van der Waals surface area contributed by atoms with Crippen molar-refractivity contribution in [1.29, 1.82) is 0 Å². The molecule has 50 heavy (non-hydrogen) atoms. The van der Waals surface area contributed by atoms with Gasteiger partial charge in [0.05, 0.1) is 0 Å². The van der Waals surface area contributed by atoms with Crippen molar-refractivity contribution in [2.75, 3.05) is 0 Å². The number of benzene rings is 9. The molecule has 0 fully saturated rings.